The average Bonchev–Trinajstić information content (AvgIpc) is 3.22. The standard InChI is InChI=1S/C17H12Cl2N4S2/c18-13-6-5-11(7-14(13)19)8-23-9-12(21-22-23)10-24-17-20-15-3-1-2-4-16(15)25-17/h1-7,9H,8,10H2. The summed E-state index contributed by atoms with van der Waals surface area (Å²) in [4.78, 5) is 4.62. The van der Waals surface area contributed by atoms with Gasteiger partial charge >= 0.3 is 0 Å². The number of nitrogens with zero attached hydrogens (tertiary/aromatic N) is 4. The SMILES string of the molecule is Clc1ccc(Cn2cc(CSc3nc4ccccc4s3)nn2)cc1Cl. The molecule has 0 N–H and O–H groups in total. The Labute approximate surface area is 162 Å². The predicted octanol–water partition coefficient (Wildman–Crippen LogP) is 5.54. The van der Waals surface area contributed by atoms with Gasteiger partial charge in [0.2, 0.25) is 0 Å². The van der Waals surface area contributed by atoms with Crippen LogP contribution in [-0.2, 0) is 12.3 Å². The largest absolute Gasteiger partial charge is 0.248 e. The van der Waals surface area contributed by atoms with Crippen LogP contribution >= 0.6 is 46.3 Å². The van der Waals surface area contributed by atoms with Crippen LogP contribution in [-0.4, -0.2) is 20.0 Å². The van der Waals surface area contributed by atoms with Crippen molar-refractivity contribution < 1.29 is 0 Å². The van der Waals surface area contributed by atoms with Crippen LogP contribution in [0, 0.1) is 0 Å². The third-order valence-electron chi connectivity index (χ3n) is 3.53. The first-order valence-corrected chi connectivity index (χ1v) is 10.0. The van der Waals surface area contributed by atoms with Gasteiger partial charge in [-0.1, -0.05) is 58.4 Å². The summed E-state index contributed by atoms with van der Waals surface area (Å²) in [6.07, 6.45) is 1.95. The van der Waals surface area contributed by atoms with Crippen LogP contribution in [0.3, 0.4) is 0 Å². The minimum absolute atomic E-state index is 0.547. The predicted molar refractivity (Wildman–Crippen MR) is 105 cm³/mol. The molecule has 0 aliphatic rings. The normalized spacial score (nSPS) is 11.3. The van der Waals surface area contributed by atoms with Gasteiger partial charge < -0.3 is 0 Å². The molecule has 4 nitrogen and oxygen atoms in total. The second kappa shape index (κ2) is 7.33. The van der Waals surface area contributed by atoms with Crippen molar-refractivity contribution >= 4 is 56.5 Å². The average molecular weight is 407 g/mol. The molecule has 0 aliphatic heterocycles. The molecule has 0 radical (unpaired) electrons. The summed E-state index contributed by atoms with van der Waals surface area (Å²) in [5.74, 6) is 0.737. The summed E-state index contributed by atoms with van der Waals surface area (Å²) in [6.45, 7) is 0.607. The molecule has 0 amide bonds. The topological polar surface area (TPSA) is 43.6 Å². The highest BCUT2D eigenvalue weighted by Crippen LogP contribution is 2.31. The van der Waals surface area contributed by atoms with Crippen molar-refractivity contribution in [1.29, 1.82) is 0 Å². The van der Waals surface area contributed by atoms with Gasteiger partial charge in [-0.2, -0.15) is 0 Å². The Morgan fingerprint density at radius 2 is 1.96 bits per heavy atom. The molecule has 0 saturated heterocycles. The first kappa shape index (κ1) is 16.8. The fraction of sp³-hybridized carbons (Fsp3) is 0.118. The molecule has 0 saturated carbocycles. The van der Waals surface area contributed by atoms with Crippen molar-refractivity contribution in [3.63, 3.8) is 0 Å². The quantitative estimate of drug-likeness (QED) is 0.408. The maximum Gasteiger partial charge on any atom is 0.151 e. The lowest BCUT2D eigenvalue weighted by Gasteiger charge is -2.02. The van der Waals surface area contributed by atoms with E-state index in [9.17, 15) is 0 Å². The number of thiazole rings is 1. The van der Waals surface area contributed by atoms with Crippen LogP contribution in [0.25, 0.3) is 10.2 Å². The minimum Gasteiger partial charge on any atom is -0.248 e. The maximum absolute atomic E-state index is 6.05. The molecule has 0 atom stereocenters. The molecule has 0 spiro atoms. The number of aromatic nitrogens is 4. The summed E-state index contributed by atoms with van der Waals surface area (Å²) in [5, 5.41) is 9.51. The van der Waals surface area contributed by atoms with Crippen molar-refractivity contribution in [1.82, 2.24) is 20.0 Å². The molecule has 0 bridgehead atoms. The molecule has 0 aliphatic carbocycles. The molecular formula is C17H12Cl2N4S2. The number of para-hydroxylation sites is 1. The third kappa shape index (κ3) is 3.98. The van der Waals surface area contributed by atoms with Crippen LogP contribution in [0.15, 0.2) is 53.0 Å². The second-order valence-corrected chi connectivity index (χ2v) is 8.46. The first-order chi connectivity index (χ1) is 12.2. The van der Waals surface area contributed by atoms with Gasteiger partial charge in [0.15, 0.2) is 4.34 Å². The van der Waals surface area contributed by atoms with E-state index in [0.29, 0.717) is 16.6 Å². The van der Waals surface area contributed by atoms with Crippen molar-refractivity contribution in [3.8, 4) is 0 Å². The summed E-state index contributed by atoms with van der Waals surface area (Å²) in [5.41, 5.74) is 2.99. The molecule has 4 rings (SSSR count). The van der Waals surface area contributed by atoms with Gasteiger partial charge in [-0.25, -0.2) is 9.67 Å². The Balaban J connectivity index is 1.41. The number of halogens is 2. The summed E-state index contributed by atoms with van der Waals surface area (Å²) < 4.78 is 4.04. The highest BCUT2D eigenvalue weighted by atomic mass is 35.5. The molecule has 0 fully saturated rings. The highest BCUT2D eigenvalue weighted by Gasteiger charge is 2.07. The number of hydrogen-bond acceptors (Lipinski definition) is 5. The number of fused-ring (bicyclic) bond motifs is 1. The zero-order valence-electron chi connectivity index (χ0n) is 12.9. The zero-order chi connectivity index (χ0) is 17.2. The molecule has 126 valence electrons. The minimum atomic E-state index is 0.547. The molecule has 25 heavy (non-hydrogen) atoms. The van der Waals surface area contributed by atoms with Gasteiger partial charge in [-0.05, 0) is 29.8 Å². The van der Waals surface area contributed by atoms with Crippen molar-refractivity contribution in [2.75, 3.05) is 0 Å². The Morgan fingerprint density at radius 3 is 2.80 bits per heavy atom. The van der Waals surface area contributed by atoms with Gasteiger partial charge in [0.25, 0.3) is 0 Å². The van der Waals surface area contributed by atoms with Gasteiger partial charge in [0, 0.05) is 11.9 Å². The van der Waals surface area contributed by atoms with E-state index in [2.05, 4.69) is 21.4 Å². The lowest BCUT2D eigenvalue weighted by Crippen LogP contribution is -2.00. The van der Waals surface area contributed by atoms with Gasteiger partial charge in [-0.3, -0.25) is 0 Å². The van der Waals surface area contributed by atoms with Crippen molar-refractivity contribution in [2.45, 2.75) is 16.6 Å². The summed E-state index contributed by atoms with van der Waals surface area (Å²) >= 11 is 15.4. The number of rotatable bonds is 5. The fourth-order valence-electron chi connectivity index (χ4n) is 2.36. The summed E-state index contributed by atoms with van der Waals surface area (Å²) in [6, 6.07) is 13.7. The molecular weight excluding hydrogens is 395 g/mol. The van der Waals surface area contributed by atoms with Crippen molar-refractivity contribution in [2.24, 2.45) is 0 Å². The maximum atomic E-state index is 6.05. The lowest BCUT2D eigenvalue weighted by molar-refractivity contribution is 0.649. The molecule has 0 unspecified atom stereocenters. The van der Waals surface area contributed by atoms with E-state index in [1.165, 1.54) is 4.70 Å². The van der Waals surface area contributed by atoms with E-state index in [0.717, 1.165) is 26.9 Å². The molecule has 2 heterocycles. The van der Waals surface area contributed by atoms with E-state index < -0.39 is 0 Å². The number of thioether (sulfide) groups is 1. The fourth-order valence-corrected chi connectivity index (χ4v) is 4.62. The number of hydrogen-bond donors (Lipinski definition) is 0. The Bertz CT molecular complexity index is 995. The third-order valence-corrected chi connectivity index (χ3v) is 6.48. The smallest absolute Gasteiger partial charge is 0.151 e. The highest BCUT2D eigenvalue weighted by molar-refractivity contribution is 8.00. The van der Waals surface area contributed by atoms with Crippen LogP contribution in [0.5, 0.6) is 0 Å². The van der Waals surface area contributed by atoms with E-state index >= 15 is 0 Å². The monoisotopic (exact) mass is 406 g/mol. The Morgan fingerprint density at radius 1 is 1.08 bits per heavy atom. The molecule has 2 aromatic carbocycles. The van der Waals surface area contributed by atoms with E-state index in [-0.39, 0.29) is 0 Å². The van der Waals surface area contributed by atoms with E-state index in [4.69, 9.17) is 23.2 Å². The molecule has 4 aromatic rings. The first-order valence-electron chi connectivity index (χ1n) is 7.49. The van der Waals surface area contributed by atoms with Gasteiger partial charge in [-0.15, -0.1) is 16.4 Å². The second-order valence-electron chi connectivity index (χ2n) is 5.39. The van der Waals surface area contributed by atoms with Crippen molar-refractivity contribution in [3.05, 3.63) is 70.0 Å². The van der Waals surface area contributed by atoms with Crippen LogP contribution < -0.4 is 0 Å². The summed E-state index contributed by atoms with van der Waals surface area (Å²) in [7, 11) is 0. The molecule has 2 aromatic heterocycles. The Kier molecular flexibility index (Phi) is 4.94. The van der Waals surface area contributed by atoms with E-state index in [1.54, 1.807) is 33.8 Å². The van der Waals surface area contributed by atoms with Gasteiger partial charge in [0.1, 0.15) is 0 Å². The van der Waals surface area contributed by atoms with Gasteiger partial charge in [0.05, 0.1) is 32.5 Å². The van der Waals surface area contributed by atoms with Crippen LogP contribution in [0.4, 0.5) is 0 Å². The van der Waals surface area contributed by atoms with E-state index in [1.807, 2.05) is 36.5 Å². The number of benzene rings is 2. The van der Waals surface area contributed by atoms with Crippen LogP contribution in [0.2, 0.25) is 10.0 Å². The molecule has 8 heteroatoms. The lowest BCUT2D eigenvalue weighted by atomic mass is 10.2. The van der Waals surface area contributed by atoms with Crippen LogP contribution in [0.1, 0.15) is 11.3 Å². The Hall–Kier alpha value is -1.60. The zero-order valence-corrected chi connectivity index (χ0v) is 16.0.